The van der Waals surface area contributed by atoms with Crippen molar-refractivity contribution in [2.45, 2.75) is 4.90 Å². The number of halogens is 1. The number of nitro benzene ring substituents is 1. The van der Waals surface area contributed by atoms with Crippen LogP contribution < -0.4 is 10.6 Å². The van der Waals surface area contributed by atoms with E-state index in [1.54, 1.807) is 11.8 Å². The number of rotatable bonds is 4. The summed E-state index contributed by atoms with van der Waals surface area (Å²) in [6.07, 6.45) is 1.97. The first kappa shape index (κ1) is 16.5. The third kappa shape index (κ3) is 4.09. The zero-order chi connectivity index (χ0) is 16.1. The minimum atomic E-state index is -0.485. The first-order valence-corrected chi connectivity index (χ1v) is 8.17. The van der Waals surface area contributed by atoms with E-state index in [0.717, 1.165) is 10.6 Å². The number of nitrogens with zero attached hydrogens (tertiary/aromatic N) is 1. The van der Waals surface area contributed by atoms with Crippen LogP contribution in [0.3, 0.4) is 0 Å². The number of hydrogen-bond donors (Lipinski definition) is 2. The average molecular weight is 354 g/mol. The van der Waals surface area contributed by atoms with Gasteiger partial charge in [0.2, 0.25) is 0 Å². The van der Waals surface area contributed by atoms with Crippen LogP contribution in [-0.4, -0.2) is 16.3 Å². The molecule has 0 saturated heterocycles. The van der Waals surface area contributed by atoms with Crippen molar-refractivity contribution < 1.29 is 4.92 Å². The predicted molar refractivity (Wildman–Crippen MR) is 96.2 cm³/mol. The van der Waals surface area contributed by atoms with E-state index in [9.17, 15) is 10.1 Å². The van der Waals surface area contributed by atoms with Gasteiger partial charge >= 0.3 is 0 Å². The zero-order valence-electron chi connectivity index (χ0n) is 11.5. The fourth-order valence-corrected chi connectivity index (χ4v) is 2.68. The van der Waals surface area contributed by atoms with Crippen LogP contribution in [0.1, 0.15) is 0 Å². The number of non-ortho nitro benzene ring substituents is 1. The SMILES string of the molecule is CSc1ccccc1NC(=S)Nc1cc([N+](=O)[O-])ccc1Cl. The van der Waals surface area contributed by atoms with Gasteiger partial charge in [-0.3, -0.25) is 10.1 Å². The van der Waals surface area contributed by atoms with Crippen molar-refractivity contribution in [1.82, 2.24) is 0 Å². The second kappa shape index (κ2) is 7.44. The molecule has 114 valence electrons. The second-order valence-electron chi connectivity index (χ2n) is 4.20. The standard InChI is InChI=1S/C14H12ClN3O2S2/c1-22-13-5-3-2-4-11(13)16-14(21)17-12-8-9(18(19)20)6-7-10(12)15/h2-8H,1H3,(H2,16,17,21). The molecule has 2 aromatic carbocycles. The molecule has 0 aromatic heterocycles. The van der Waals surface area contributed by atoms with Crippen LogP contribution >= 0.6 is 35.6 Å². The summed E-state index contributed by atoms with van der Waals surface area (Å²) in [5, 5.41) is 17.4. The highest BCUT2D eigenvalue weighted by Gasteiger charge is 2.11. The minimum Gasteiger partial charge on any atom is -0.332 e. The van der Waals surface area contributed by atoms with Crippen molar-refractivity contribution in [1.29, 1.82) is 0 Å². The van der Waals surface area contributed by atoms with E-state index in [2.05, 4.69) is 10.6 Å². The number of nitrogens with one attached hydrogen (secondary N) is 2. The smallest absolute Gasteiger partial charge is 0.271 e. The molecule has 22 heavy (non-hydrogen) atoms. The van der Waals surface area contributed by atoms with Crippen LogP contribution in [0.5, 0.6) is 0 Å². The van der Waals surface area contributed by atoms with Gasteiger partial charge < -0.3 is 10.6 Å². The summed E-state index contributed by atoms with van der Waals surface area (Å²) in [5.41, 5.74) is 1.18. The average Bonchev–Trinajstić information content (AvgIpc) is 2.49. The van der Waals surface area contributed by atoms with Gasteiger partial charge in [0.05, 0.1) is 21.3 Å². The minimum absolute atomic E-state index is 0.0563. The van der Waals surface area contributed by atoms with Gasteiger partial charge in [-0.1, -0.05) is 23.7 Å². The lowest BCUT2D eigenvalue weighted by Gasteiger charge is -2.13. The molecule has 5 nitrogen and oxygen atoms in total. The Morgan fingerprint density at radius 2 is 1.91 bits per heavy atom. The third-order valence-electron chi connectivity index (χ3n) is 2.76. The Bertz CT molecular complexity index is 725. The van der Waals surface area contributed by atoms with Crippen molar-refractivity contribution in [2.24, 2.45) is 0 Å². The molecule has 0 heterocycles. The molecule has 0 saturated carbocycles. The topological polar surface area (TPSA) is 67.2 Å². The normalized spacial score (nSPS) is 10.1. The van der Waals surface area contributed by atoms with Crippen molar-refractivity contribution in [3.63, 3.8) is 0 Å². The van der Waals surface area contributed by atoms with Crippen LogP contribution in [0.15, 0.2) is 47.4 Å². The molecule has 0 spiro atoms. The molecule has 0 atom stereocenters. The van der Waals surface area contributed by atoms with E-state index in [1.165, 1.54) is 18.2 Å². The Hall–Kier alpha value is -1.83. The van der Waals surface area contributed by atoms with E-state index in [1.807, 2.05) is 30.5 Å². The summed E-state index contributed by atoms with van der Waals surface area (Å²) in [4.78, 5) is 11.4. The van der Waals surface area contributed by atoms with Crippen molar-refractivity contribution >= 4 is 57.8 Å². The number of anilines is 2. The molecule has 2 N–H and O–H groups in total. The molecule has 2 rings (SSSR count). The Labute approximate surface area is 142 Å². The lowest BCUT2D eigenvalue weighted by molar-refractivity contribution is -0.384. The largest absolute Gasteiger partial charge is 0.332 e. The summed E-state index contributed by atoms with van der Waals surface area (Å²) in [6, 6.07) is 11.8. The van der Waals surface area contributed by atoms with Gasteiger partial charge in [0.15, 0.2) is 5.11 Å². The van der Waals surface area contributed by atoms with Crippen LogP contribution in [0.2, 0.25) is 5.02 Å². The summed E-state index contributed by atoms with van der Waals surface area (Å²) in [5.74, 6) is 0. The molecule has 0 fully saturated rings. The van der Waals surface area contributed by atoms with Crippen LogP contribution in [-0.2, 0) is 0 Å². The van der Waals surface area contributed by atoms with Gasteiger partial charge in [-0.15, -0.1) is 11.8 Å². The van der Waals surface area contributed by atoms with Crippen LogP contribution in [0.25, 0.3) is 0 Å². The fraction of sp³-hybridized carbons (Fsp3) is 0.0714. The van der Waals surface area contributed by atoms with Gasteiger partial charge in [-0.2, -0.15) is 0 Å². The van der Waals surface area contributed by atoms with E-state index in [0.29, 0.717) is 15.8 Å². The number of nitro groups is 1. The predicted octanol–water partition coefficient (Wildman–Crippen LogP) is 4.78. The maximum absolute atomic E-state index is 10.8. The lowest BCUT2D eigenvalue weighted by atomic mass is 10.3. The monoisotopic (exact) mass is 353 g/mol. The summed E-state index contributed by atoms with van der Waals surface area (Å²) in [6.45, 7) is 0. The van der Waals surface area contributed by atoms with E-state index in [-0.39, 0.29) is 5.69 Å². The Balaban J connectivity index is 2.15. The number of thiocarbonyl (C=S) groups is 1. The number of para-hydroxylation sites is 1. The molecule has 0 bridgehead atoms. The molecule has 0 aliphatic rings. The summed E-state index contributed by atoms with van der Waals surface area (Å²) < 4.78 is 0. The maximum Gasteiger partial charge on any atom is 0.271 e. The molecular weight excluding hydrogens is 342 g/mol. The first-order valence-electron chi connectivity index (χ1n) is 6.16. The van der Waals surface area contributed by atoms with E-state index < -0.39 is 4.92 Å². The van der Waals surface area contributed by atoms with Crippen molar-refractivity contribution in [2.75, 3.05) is 16.9 Å². The van der Waals surface area contributed by atoms with Crippen LogP contribution in [0.4, 0.5) is 17.1 Å². The maximum atomic E-state index is 10.8. The molecule has 0 aliphatic heterocycles. The van der Waals surface area contributed by atoms with Gasteiger partial charge in [-0.05, 0) is 36.7 Å². The molecular formula is C14H12ClN3O2S2. The molecule has 0 unspecified atom stereocenters. The molecule has 0 amide bonds. The van der Waals surface area contributed by atoms with Gasteiger partial charge in [0, 0.05) is 17.0 Å². The molecule has 2 aromatic rings. The number of benzene rings is 2. The van der Waals surface area contributed by atoms with Crippen LogP contribution in [0, 0.1) is 10.1 Å². The molecule has 0 radical (unpaired) electrons. The number of thioether (sulfide) groups is 1. The van der Waals surface area contributed by atoms with E-state index >= 15 is 0 Å². The van der Waals surface area contributed by atoms with E-state index in [4.69, 9.17) is 23.8 Å². The van der Waals surface area contributed by atoms with Gasteiger partial charge in [-0.25, -0.2) is 0 Å². The highest BCUT2D eigenvalue weighted by atomic mass is 35.5. The molecule has 0 aliphatic carbocycles. The molecule has 8 heteroatoms. The quantitative estimate of drug-likeness (QED) is 0.357. The Morgan fingerprint density at radius 3 is 2.59 bits per heavy atom. The second-order valence-corrected chi connectivity index (χ2v) is 5.86. The summed E-state index contributed by atoms with van der Waals surface area (Å²) >= 11 is 12.9. The van der Waals surface area contributed by atoms with Crippen molar-refractivity contribution in [3.05, 3.63) is 57.6 Å². The number of hydrogen-bond acceptors (Lipinski definition) is 4. The fourth-order valence-electron chi connectivity index (χ4n) is 1.75. The van der Waals surface area contributed by atoms with Gasteiger partial charge in [0.25, 0.3) is 5.69 Å². The zero-order valence-corrected chi connectivity index (χ0v) is 13.9. The van der Waals surface area contributed by atoms with Crippen molar-refractivity contribution in [3.8, 4) is 0 Å². The highest BCUT2D eigenvalue weighted by molar-refractivity contribution is 7.98. The Kier molecular flexibility index (Phi) is 5.59. The summed E-state index contributed by atoms with van der Waals surface area (Å²) in [7, 11) is 0. The lowest BCUT2D eigenvalue weighted by Crippen LogP contribution is -2.19. The Morgan fingerprint density at radius 1 is 1.23 bits per heavy atom. The third-order valence-corrected chi connectivity index (χ3v) is 4.09. The first-order chi connectivity index (χ1) is 10.5. The van der Waals surface area contributed by atoms with Gasteiger partial charge in [0.1, 0.15) is 0 Å². The highest BCUT2D eigenvalue weighted by Crippen LogP contribution is 2.28.